The Balaban J connectivity index is 1.65. The van der Waals surface area contributed by atoms with Gasteiger partial charge in [0.05, 0.1) is 31.1 Å². The number of aryl methyl sites for hydroxylation is 1. The normalized spacial score (nSPS) is 23.9. The van der Waals surface area contributed by atoms with Crippen LogP contribution in [0.25, 0.3) is 0 Å². The number of hydrogen-bond donors (Lipinski definition) is 0. The molecule has 2 saturated heterocycles. The number of carbonyl (C=O) groups excluding carboxylic acids is 1. The van der Waals surface area contributed by atoms with E-state index in [-0.39, 0.29) is 35.1 Å². The molecule has 2 aromatic carbocycles. The van der Waals surface area contributed by atoms with Crippen molar-refractivity contribution in [3.63, 3.8) is 0 Å². The molecule has 29 heavy (non-hydrogen) atoms. The Bertz CT molecular complexity index is 1080. The van der Waals surface area contributed by atoms with Crippen LogP contribution in [-0.2, 0) is 21.1 Å². The van der Waals surface area contributed by atoms with E-state index in [0.29, 0.717) is 10.9 Å². The average Bonchev–Trinajstić information content (AvgIpc) is 3.12. The SMILES string of the molecule is COc1cccc(N2C(=NC(=O)Cc3cccc(C)c3)SC3CS(=O)(=O)CC32)c1. The zero-order valence-electron chi connectivity index (χ0n) is 16.2. The van der Waals surface area contributed by atoms with Crippen molar-refractivity contribution in [2.45, 2.75) is 24.6 Å². The van der Waals surface area contributed by atoms with Crippen molar-refractivity contribution in [3.8, 4) is 5.75 Å². The Kier molecular flexibility index (Phi) is 5.40. The molecule has 2 heterocycles. The lowest BCUT2D eigenvalue weighted by molar-refractivity contribution is -0.117. The molecule has 2 aliphatic rings. The Morgan fingerprint density at radius 2 is 2.00 bits per heavy atom. The summed E-state index contributed by atoms with van der Waals surface area (Å²) in [5.74, 6) is 0.594. The second kappa shape index (κ2) is 7.84. The molecular formula is C21H22N2O4S2. The third-order valence-corrected chi connectivity index (χ3v) is 8.27. The Morgan fingerprint density at radius 1 is 1.21 bits per heavy atom. The van der Waals surface area contributed by atoms with Crippen LogP contribution in [0.5, 0.6) is 5.75 Å². The Hall–Kier alpha value is -2.32. The molecular weight excluding hydrogens is 408 g/mol. The number of ether oxygens (including phenoxy) is 1. The number of thioether (sulfide) groups is 1. The van der Waals surface area contributed by atoms with Gasteiger partial charge in [0, 0.05) is 17.0 Å². The van der Waals surface area contributed by atoms with Gasteiger partial charge in [0.2, 0.25) is 0 Å². The van der Waals surface area contributed by atoms with Crippen molar-refractivity contribution in [3.05, 3.63) is 59.7 Å². The summed E-state index contributed by atoms with van der Waals surface area (Å²) < 4.78 is 29.7. The first kappa shape index (κ1) is 20.0. The van der Waals surface area contributed by atoms with Crippen molar-refractivity contribution >= 4 is 38.4 Å². The van der Waals surface area contributed by atoms with Crippen LogP contribution < -0.4 is 9.64 Å². The number of fused-ring (bicyclic) bond motifs is 1. The standard InChI is InChI=1S/C21H22N2O4S2/c1-14-5-3-6-15(9-14)10-20(24)22-21-23(16-7-4-8-17(11-16)27-2)18-12-29(25,26)13-19(18)28-21/h3-9,11,18-19H,10,12-13H2,1-2H3. The fraction of sp³-hybridized carbons (Fsp3) is 0.333. The quantitative estimate of drug-likeness (QED) is 0.743. The molecule has 2 aliphatic heterocycles. The monoisotopic (exact) mass is 430 g/mol. The van der Waals surface area contributed by atoms with Gasteiger partial charge in [-0.2, -0.15) is 4.99 Å². The van der Waals surface area contributed by atoms with Gasteiger partial charge in [-0.25, -0.2) is 8.42 Å². The van der Waals surface area contributed by atoms with Gasteiger partial charge >= 0.3 is 0 Å². The summed E-state index contributed by atoms with van der Waals surface area (Å²) in [5, 5.41) is 0.428. The van der Waals surface area contributed by atoms with E-state index in [1.807, 2.05) is 60.4 Å². The molecule has 2 fully saturated rings. The summed E-state index contributed by atoms with van der Waals surface area (Å²) in [6, 6.07) is 15.0. The van der Waals surface area contributed by atoms with E-state index in [9.17, 15) is 13.2 Å². The summed E-state index contributed by atoms with van der Waals surface area (Å²) in [4.78, 5) is 18.9. The van der Waals surface area contributed by atoms with Crippen molar-refractivity contribution in [1.82, 2.24) is 0 Å². The molecule has 8 heteroatoms. The molecule has 2 aromatic rings. The minimum atomic E-state index is -3.10. The molecule has 0 bridgehead atoms. The number of amides is 1. The van der Waals surface area contributed by atoms with Crippen LogP contribution >= 0.6 is 11.8 Å². The van der Waals surface area contributed by atoms with Crippen LogP contribution in [-0.4, -0.2) is 49.4 Å². The highest BCUT2D eigenvalue weighted by molar-refractivity contribution is 8.16. The van der Waals surface area contributed by atoms with Gasteiger partial charge in [-0.05, 0) is 24.6 Å². The summed E-state index contributed by atoms with van der Waals surface area (Å²) in [6.07, 6.45) is 0.214. The lowest BCUT2D eigenvalue weighted by Gasteiger charge is -2.24. The molecule has 0 spiro atoms. The highest BCUT2D eigenvalue weighted by Gasteiger charge is 2.49. The van der Waals surface area contributed by atoms with Gasteiger partial charge in [0.15, 0.2) is 15.0 Å². The number of benzene rings is 2. The first-order valence-electron chi connectivity index (χ1n) is 9.32. The second-order valence-electron chi connectivity index (χ2n) is 7.33. The van der Waals surface area contributed by atoms with Gasteiger partial charge in [-0.15, -0.1) is 0 Å². The largest absolute Gasteiger partial charge is 0.497 e. The van der Waals surface area contributed by atoms with E-state index >= 15 is 0 Å². The van der Waals surface area contributed by atoms with E-state index in [2.05, 4.69) is 4.99 Å². The molecule has 0 aromatic heterocycles. The number of aliphatic imine (C=N–C) groups is 1. The highest BCUT2D eigenvalue weighted by Crippen LogP contribution is 2.41. The van der Waals surface area contributed by atoms with E-state index in [0.717, 1.165) is 16.8 Å². The number of anilines is 1. The molecule has 0 N–H and O–H groups in total. The third-order valence-electron chi connectivity index (χ3n) is 5.06. The van der Waals surface area contributed by atoms with Crippen molar-refractivity contribution in [2.24, 2.45) is 4.99 Å². The third kappa shape index (κ3) is 4.33. The fourth-order valence-electron chi connectivity index (χ4n) is 3.77. The maximum atomic E-state index is 12.7. The van der Waals surface area contributed by atoms with Crippen molar-refractivity contribution < 1.29 is 17.9 Å². The van der Waals surface area contributed by atoms with E-state index in [1.165, 1.54) is 11.8 Å². The van der Waals surface area contributed by atoms with Crippen LogP contribution in [0.15, 0.2) is 53.5 Å². The molecule has 0 saturated carbocycles. The molecule has 1 amide bonds. The molecule has 6 nitrogen and oxygen atoms in total. The lowest BCUT2D eigenvalue weighted by atomic mass is 10.1. The summed E-state index contributed by atoms with van der Waals surface area (Å²) >= 11 is 1.38. The van der Waals surface area contributed by atoms with Crippen molar-refractivity contribution in [1.29, 1.82) is 0 Å². The van der Waals surface area contributed by atoms with Gasteiger partial charge in [0.25, 0.3) is 5.91 Å². The zero-order valence-corrected chi connectivity index (χ0v) is 17.9. The summed E-state index contributed by atoms with van der Waals surface area (Å²) in [7, 11) is -1.52. The van der Waals surface area contributed by atoms with Gasteiger partial charge < -0.3 is 9.64 Å². The minimum Gasteiger partial charge on any atom is -0.497 e. The number of rotatable bonds is 4. The first-order valence-corrected chi connectivity index (χ1v) is 12.0. The molecule has 2 atom stereocenters. The number of nitrogens with zero attached hydrogens (tertiary/aromatic N) is 2. The smallest absolute Gasteiger partial charge is 0.252 e. The number of carbonyl (C=O) groups is 1. The zero-order chi connectivity index (χ0) is 20.6. The summed E-state index contributed by atoms with van der Waals surface area (Å²) in [6.45, 7) is 1.98. The van der Waals surface area contributed by atoms with Crippen LogP contribution in [0.3, 0.4) is 0 Å². The molecule has 152 valence electrons. The molecule has 4 rings (SSSR count). The van der Waals surface area contributed by atoms with Crippen LogP contribution in [0.1, 0.15) is 11.1 Å². The van der Waals surface area contributed by atoms with Crippen LogP contribution in [0, 0.1) is 6.92 Å². The van der Waals surface area contributed by atoms with Crippen LogP contribution in [0.2, 0.25) is 0 Å². The van der Waals surface area contributed by atoms with E-state index in [1.54, 1.807) is 7.11 Å². The Labute approximate surface area is 174 Å². The average molecular weight is 431 g/mol. The summed E-state index contributed by atoms with van der Waals surface area (Å²) in [5.41, 5.74) is 2.79. The maximum Gasteiger partial charge on any atom is 0.252 e. The molecule has 0 radical (unpaired) electrons. The number of sulfone groups is 1. The van der Waals surface area contributed by atoms with E-state index < -0.39 is 9.84 Å². The number of hydrogen-bond acceptors (Lipinski definition) is 5. The highest BCUT2D eigenvalue weighted by atomic mass is 32.2. The second-order valence-corrected chi connectivity index (χ2v) is 10.7. The molecule has 2 unspecified atom stereocenters. The first-order chi connectivity index (χ1) is 13.8. The van der Waals surface area contributed by atoms with Crippen LogP contribution in [0.4, 0.5) is 5.69 Å². The fourth-order valence-corrected chi connectivity index (χ4v) is 7.70. The minimum absolute atomic E-state index is 0.0625. The lowest BCUT2D eigenvalue weighted by Crippen LogP contribution is -2.37. The predicted octanol–water partition coefficient (Wildman–Crippen LogP) is 2.85. The van der Waals surface area contributed by atoms with Crippen molar-refractivity contribution in [2.75, 3.05) is 23.5 Å². The molecule has 0 aliphatic carbocycles. The van der Waals surface area contributed by atoms with Gasteiger partial charge in [-0.3, -0.25) is 4.79 Å². The van der Waals surface area contributed by atoms with Gasteiger partial charge in [-0.1, -0.05) is 47.7 Å². The predicted molar refractivity (Wildman–Crippen MR) is 117 cm³/mol. The van der Waals surface area contributed by atoms with E-state index in [4.69, 9.17) is 4.74 Å². The topological polar surface area (TPSA) is 76.0 Å². The Morgan fingerprint density at radius 3 is 2.76 bits per heavy atom. The maximum absolute atomic E-state index is 12.7. The number of methoxy groups -OCH3 is 1. The van der Waals surface area contributed by atoms with Gasteiger partial charge in [0.1, 0.15) is 5.75 Å². The number of amidine groups is 1.